The zero-order valence-electron chi connectivity index (χ0n) is 15.7. The predicted molar refractivity (Wildman–Crippen MR) is 97.7 cm³/mol. The minimum atomic E-state index is -4.43. The summed E-state index contributed by atoms with van der Waals surface area (Å²) in [6.07, 6.45) is -6.18. The van der Waals surface area contributed by atoms with Crippen LogP contribution in [0.1, 0.15) is 27.0 Å². The van der Waals surface area contributed by atoms with Crippen molar-refractivity contribution < 1.29 is 37.0 Å². The first-order valence-electron chi connectivity index (χ1n) is 8.80. The molecule has 1 aliphatic rings. The highest BCUT2D eigenvalue weighted by Gasteiger charge is 2.32. The molecule has 30 heavy (non-hydrogen) atoms. The van der Waals surface area contributed by atoms with Crippen molar-refractivity contribution in [3.05, 3.63) is 64.7 Å². The van der Waals surface area contributed by atoms with E-state index < -0.39 is 35.8 Å². The molecule has 0 bridgehead atoms. The number of halogens is 3. The molecule has 0 aromatic heterocycles. The SMILES string of the molecule is COc1ccc(C[C@H]2OC(=O)NC2=O)cc1C(=O)NCc1ccc(C(F)(F)F)cc1. The molecule has 10 heteroatoms. The number of hydrogen-bond acceptors (Lipinski definition) is 5. The van der Waals surface area contributed by atoms with Gasteiger partial charge in [0.05, 0.1) is 18.2 Å². The van der Waals surface area contributed by atoms with E-state index in [4.69, 9.17) is 9.47 Å². The third-order valence-electron chi connectivity index (χ3n) is 4.43. The number of nitrogens with one attached hydrogen (secondary N) is 2. The van der Waals surface area contributed by atoms with Crippen molar-refractivity contribution in [3.63, 3.8) is 0 Å². The van der Waals surface area contributed by atoms with E-state index in [-0.39, 0.29) is 24.3 Å². The summed E-state index contributed by atoms with van der Waals surface area (Å²) in [5, 5.41) is 4.64. The summed E-state index contributed by atoms with van der Waals surface area (Å²) in [5.74, 6) is -0.804. The predicted octanol–water partition coefficient (Wildman–Crippen LogP) is 2.82. The Morgan fingerprint density at radius 1 is 1.13 bits per heavy atom. The first-order chi connectivity index (χ1) is 14.2. The molecule has 0 unspecified atom stereocenters. The molecule has 2 N–H and O–H groups in total. The number of carbonyl (C=O) groups excluding carboxylic acids is 3. The smallest absolute Gasteiger partial charge is 0.416 e. The quantitative estimate of drug-likeness (QED) is 0.747. The first kappa shape index (κ1) is 21.2. The fraction of sp³-hybridized carbons (Fsp3) is 0.250. The number of carbonyl (C=O) groups is 3. The van der Waals surface area contributed by atoms with Crippen LogP contribution < -0.4 is 15.4 Å². The number of imide groups is 1. The molecule has 1 heterocycles. The van der Waals surface area contributed by atoms with Crippen molar-refractivity contribution in [3.8, 4) is 5.75 Å². The maximum Gasteiger partial charge on any atom is 0.416 e. The van der Waals surface area contributed by atoms with Gasteiger partial charge in [-0.3, -0.25) is 14.9 Å². The van der Waals surface area contributed by atoms with Crippen LogP contribution in [0, 0.1) is 0 Å². The Bertz CT molecular complexity index is 973. The zero-order valence-corrected chi connectivity index (χ0v) is 15.7. The van der Waals surface area contributed by atoms with Crippen LogP contribution in [-0.2, 0) is 28.7 Å². The summed E-state index contributed by atoms with van der Waals surface area (Å²) >= 11 is 0. The molecule has 0 aliphatic carbocycles. The fourth-order valence-corrected chi connectivity index (χ4v) is 2.89. The third kappa shape index (κ3) is 4.88. The van der Waals surface area contributed by atoms with Crippen LogP contribution in [-0.4, -0.2) is 31.1 Å². The van der Waals surface area contributed by atoms with Crippen LogP contribution in [0.2, 0.25) is 0 Å². The van der Waals surface area contributed by atoms with Crippen molar-refractivity contribution >= 4 is 17.9 Å². The number of alkyl halides is 3. The fourth-order valence-electron chi connectivity index (χ4n) is 2.89. The molecule has 3 rings (SSSR count). The van der Waals surface area contributed by atoms with Gasteiger partial charge in [-0.05, 0) is 35.4 Å². The van der Waals surface area contributed by atoms with E-state index >= 15 is 0 Å². The lowest BCUT2D eigenvalue weighted by molar-refractivity contribution is -0.137. The summed E-state index contributed by atoms with van der Waals surface area (Å²) in [5.41, 5.74) is 0.446. The molecule has 0 saturated carbocycles. The number of hydrogen-bond donors (Lipinski definition) is 2. The van der Waals surface area contributed by atoms with E-state index in [2.05, 4.69) is 5.32 Å². The van der Waals surface area contributed by atoms with Crippen molar-refractivity contribution in [2.45, 2.75) is 25.2 Å². The van der Waals surface area contributed by atoms with Gasteiger partial charge in [0, 0.05) is 13.0 Å². The number of benzene rings is 2. The topological polar surface area (TPSA) is 93.7 Å². The van der Waals surface area contributed by atoms with Gasteiger partial charge in [0.1, 0.15) is 5.75 Å². The number of cyclic esters (lactones) is 1. The molecule has 158 valence electrons. The molecule has 1 aliphatic heterocycles. The molecule has 1 atom stereocenters. The summed E-state index contributed by atoms with van der Waals surface area (Å²) in [4.78, 5) is 35.4. The second-order valence-electron chi connectivity index (χ2n) is 6.50. The van der Waals surface area contributed by atoms with Crippen LogP contribution >= 0.6 is 0 Å². The monoisotopic (exact) mass is 422 g/mol. The average molecular weight is 422 g/mol. The first-order valence-corrected chi connectivity index (χ1v) is 8.80. The van der Waals surface area contributed by atoms with Gasteiger partial charge in [-0.15, -0.1) is 0 Å². The van der Waals surface area contributed by atoms with Crippen LogP contribution in [0.4, 0.5) is 18.0 Å². The largest absolute Gasteiger partial charge is 0.496 e. The Morgan fingerprint density at radius 3 is 2.37 bits per heavy atom. The van der Waals surface area contributed by atoms with Gasteiger partial charge in [-0.25, -0.2) is 4.79 Å². The van der Waals surface area contributed by atoms with E-state index in [0.717, 1.165) is 12.1 Å². The molecular weight excluding hydrogens is 405 g/mol. The molecule has 3 amide bonds. The number of rotatable bonds is 6. The van der Waals surface area contributed by atoms with Crippen molar-refractivity contribution in [2.24, 2.45) is 0 Å². The Hall–Kier alpha value is -3.56. The minimum Gasteiger partial charge on any atom is -0.496 e. The Balaban J connectivity index is 1.69. The molecule has 7 nitrogen and oxygen atoms in total. The van der Waals surface area contributed by atoms with Gasteiger partial charge in [-0.1, -0.05) is 18.2 Å². The molecule has 2 aromatic carbocycles. The molecular formula is C20H17F3N2O5. The molecule has 0 radical (unpaired) electrons. The lowest BCUT2D eigenvalue weighted by Crippen LogP contribution is -2.26. The maximum atomic E-state index is 12.6. The molecule has 2 aromatic rings. The van der Waals surface area contributed by atoms with Crippen LogP contribution in [0.3, 0.4) is 0 Å². The van der Waals surface area contributed by atoms with E-state index in [1.807, 2.05) is 5.32 Å². The zero-order chi connectivity index (χ0) is 21.9. The van der Waals surface area contributed by atoms with Gasteiger partial charge >= 0.3 is 12.3 Å². The van der Waals surface area contributed by atoms with Crippen LogP contribution in [0.15, 0.2) is 42.5 Å². The van der Waals surface area contributed by atoms with E-state index in [1.165, 1.54) is 31.4 Å². The van der Waals surface area contributed by atoms with E-state index in [9.17, 15) is 27.6 Å². The van der Waals surface area contributed by atoms with Gasteiger partial charge < -0.3 is 14.8 Å². The third-order valence-corrected chi connectivity index (χ3v) is 4.43. The summed E-state index contributed by atoms with van der Waals surface area (Å²) in [7, 11) is 1.38. The van der Waals surface area contributed by atoms with Gasteiger partial charge in [-0.2, -0.15) is 13.2 Å². The van der Waals surface area contributed by atoms with Crippen molar-refractivity contribution in [2.75, 3.05) is 7.11 Å². The summed E-state index contributed by atoms with van der Waals surface area (Å²) < 4.78 is 47.9. The summed E-state index contributed by atoms with van der Waals surface area (Å²) in [6, 6.07) is 9.11. The van der Waals surface area contributed by atoms with Crippen LogP contribution in [0.5, 0.6) is 5.75 Å². The second-order valence-corrected chi connectivity index (χ2v) is 6.50. The number of amides is 3. The van der Waals surface area contributed by atoms with Crippen LogP contribution in [0.25, 0.3) is 0 Å². The van der Waals surface area contributed by atoms with Gasteiger partial charge in [0.25, 0.3) is 11.8 Å². The standard InChI is InChI=1S/C20H17F3N2O5/c1-29-15-7-4-12(9-16-18(27)25-19(28)30-16)8-14(15)17(26)24-10-11-2-5-13(6-3-11)20(21,22)23/h2-8,16H,9-10H2,1H3,(H,24,26)(H,25,27,28)/t16-/m1/s1. The Labute approximate surface area is 169 Å². The van der Waals surface area contributed by atoms with Gasteiger partial charge in [0.15, 0.2) is 6.10 Å². The molecule has 1 saturated heterocycles. The highest BCUT2D eigenvalue weighted by molar-refractivity contribution is 6.00. The van der Waals surface area contributed by atoms with E-state index in [0.29, 0.717) is 11.1 Å². The number of alkyl carbamates (subject to hydrolysis) is 1. The maximum absolute atomic E-state index is 12.6. The second kappa shape index (κ2) is 8.44. The van der Waals surface area contributed by atoms with Gasteiger partial charge in [0.2, 0.25) is 0 Å². The van der Waals surface area contributed by atoms with Crippen molar-refractivity contribution in [1.82, 2.24) is 10.6 Å². The van der Waals surface area contributed by atoms with Crippen molar-refractivity contribution in [1.29, 1.82) is 0 Å². The minimum absolute atomic E-state index is 0.00694. The normalized spacial score (nSPS) is 16.1. The lowest BCUT2D eigenvalue weighted by atomic mass is 10.0. The lowest BCUT2D eigenvalue weighted by Gasteiger charge is -2.13. The molecule has 0 spiro atoms. The number of ether oxygens (including phenoxy) is 2. The highest BCUT2D eigenvalue weighted by Crippen LogP contribution is 2.29. The average Bonchev–Trinajstić information content (AvgIpc) is 3.02. The highest BCUT2D eigenvalue weighted by atomic mass is 19.4. The Morgan fingerprint density at radius 2 is 1.80 bits per heavy atom. The van der Waals surface area contributed by atoms with E-state index in [1.54, 1.807) is 6.07 Å². The molecule has 1 fully saturated rings. The number of methoxy groups -OCH3 is 1. The summed E-state index contributed by atoms with van der Waals surface area (Å²) in [6.45, 7) is 0.00694. The Kier molecular flexibility index (Phi) is 5.95.